The van der Waals surface area contributed by atoms with Gasteiger partial charge in [0, 0.05) is 11.6 Å². The van der Waals surface area contributed by atoms with Crippen molar-refractivity contribution in [3.05, 3.63) is 57.6 Å². The number of nitro benzene ring substituents is 1. The second kappa shape index (κ2) is 6.29. The predicted octanol–water partition coefficient (Wildman–Crippen LogP) is 4.29. The van der Waals surface area contributed by atoms with E-state index in [9.17, 15) is 10.1 Å². The molecule has 2 aromatic carbocycles. The molecule has 2 rings (SSSR count). The summed E-state index contributed by atoms with van der Waals surface area (Å²) in [6, 6.07) is 11.8. The van der Waals surface area contributed by atoms with Gasteiger partial charge in [-0.2, -0.15) is 5.26 Å². The maximum Gasteiger partial charge on any atom is 0.273 e. The molecular formula is C15H12N2O3S. The molecule has 21 heavy (non-hydrogen) atoms. The molecule has 0 saturated heterocycles. The van der Waals surface area contributed by atoms with E-state index in [1.807, 2.05) is 12.3 Å². The predicted molar refractivity (Wildman–Crippen MR) is 80.8 cm³/mol. The maximum atomic E-state index is 11.0. The number of hydrogen-bond acceptors (Lipinski definition) is 5. The summed E-state index contributed by atoms with van der Waals surface area (Å²) in [5.74, 6) is 1.07. The maximum absolute atomic E-state index is 11.0. The second-order valence-corrected chi connectivity index (χ2v) is 5.06. The lowest BCUT2D eigenvalue weighted by Crippen LogP contribution is -1.96. The van der Waals surface area contributed by atoms with Crippen LogP contribution >= 0.6 is 11.8 Å². The fraction of sp³-hybridized carbons (Fsp3) is 0.133. The monoisotopic (exact) mass is 300 g/mol. The molecule has 0 unspecified atom stereocenters. The Morgan fingerprint density at radius 1 is 1.33 bits per heavy atom. The van der Waals surface area contributed by atoms with E-state index in [0.717, 1.165) is 0 Å². The van der Waals surface area contributed by atoms with Gasteiger partial charge in [0.1, 0.15) is 11.5 Å². The summed E-state index contributed by atoms with van der Waals surface area (Å²) < 4.78 is 5.76. The SMILES string of the molecule is CSc1c(Oc2cccc(C#N)c2)ccc([N+](=O)[O-])c1C. The Morgan fingerprint density at radius 3 is 2.71 bits per heavy atom. The van der Waals surface area contributed by atoms with Crippen molar-refractivity contribution in [3.8, 4) is 17.6 Å². The summed E-state index contributed by atoms with van der Waals surface area (Å²) in [7, 11) is 0. The van der Waals surface area contributed by atoms with Crippen LogP contribution in [0.2, 0.25) is 0 Å². The van der Waals surface area contributed by atoms with Gasteiger partial charge in [0.05, 0.1) is 21.5 Å². The number of benzene rings is 2. The van der Waals surface area contributed by atoms with Crippen molar-refractivity contribution >= 4 is 17.4 Å². The highest BCUT2D eigenvalue weighted by Gasteiger charge is 2.18. The summed E-state index contributed by atoms with van der Waals surface area (Å²) in [4.78, 5) is 11.3. The highest BCUT2D eigenvalue weighted by Crippen LogP contribution is 2.38. The Morgan fingerprint density at radius 2 is 2.10 bits per heavy atom. The number of hydrogen-bond donors (Lipinski definition) is 0. The topological polar surface area (TPSA) is 76.2 Å². The number of nitriles is 1. The molecule has 0 aliphatic heterocycles. The van der Waals surface area contributed by atoms with Crippen LogP contribution in [0.1, 0.15) is 11.1 Å². The number of nitro groups is 1. The van der Waals surface area contributed by atoms with Crippen LogP contribution in [0.3, 0.4) is 0 Å². The molecule has 0 spiro atoms. The molecule has 0 amide bonds. The Kier molecular flexibility index (Phi) is 4.45. The molecule has 0 aliphatic rings. The zero-order valence-electron chi connectivity index (χ0n) is 11.5. The normalized spacial score (nSPS) is 9.95. The van der Waals surface area contributed by atoms with E-state index in [1.54, 1.807) is 37.3 Å². The Hall–Kier alpha value is -2.52. The first-order chi connectivity index (χ1) is 10.1. The first kappa shape index (κ1) is 14.9. The highest BCUT2D eigenvalue weighted by atomic mass is 32.2. The van der Waals surface area contributed by atoms with E-state index in [2.05, 4.69) is 0 Å². The minimum atomic E-state index is -0.408. The molecule has 5 nitrogen and oxygen atoms in total. The van der Waals surface area contributed by atoms with E-state index in [-0.39, 0.29) is 5.69 Å². The minimum Gasteiger partial charge on any atom is -0.456 e. The summed E-state index contributed by atoms with van der Waals surface area (Å²) in [5.41, 5.74) is 1.13. The van der Waals surface area contributed by atoms with Gasteiger partial charge in [0.2, 0.25) is 0 Å². The van der Waals surface area contributed by atoms with Crippen molar-refractivity contribution in [3.63, 3.8) is 0 Å². The molecule has 6 heteroatoms. The highest BCUT2D eigenvalue weighted by molar-refractivity contribution is 7.98. The first-order valence-electron chi connectivity index (χ1n) is 6.07. The van der Waals surface area contributed by atoms with Crippen LogP contribution < -0.4 is 4.74 Å². The molecule has 106 valence electrons. The van der Waals surface area contributed by atoms with Gasteiger partial charge in [0.15, 0.2) is 0 Å². The molecule has 0 aliphatic carbocycles. The van der Waals surface area contributed by atoms with Gasteiger partial charge in [-0.25, -0.2) is 0 Å². The Bertz CT molecular complexity index is 738. The van der Waals surface area contributed by atoms with Crippen molar-refractivity contribution in [1.29, 1.82) is 5.26 Å². The number of thioether (sulfide) groups is 1. The Labute approximate surface area is 126 Å². The largest absolute Gasteiger partial charge is 0.456 e. The van der Waals surface area contributed by atoms with Crippen LogP contribution in [0.5, 0.6) is 11.5 Å². The lowest BCUT2D eigenvalue weighted by Gasteiger charge is -2.12. The average Bonchev–Trinajstić information content (AvgIpc) is 2.47. The van der Waals surface area contributed by atoms with Crippen molar-refractivity contribution in [1.82, 2.24) is 0 Å². The van der Waals surface area contributed by atoms with E-state index >= 15 is 0 Å². The van der Waals surface area contributed by atoms with E-state index in [1.165, 1.54) is 17.8 Å². The van der Waals surface area contributed by atoms with Crippen molar-refractivity contribution in [2.24, 2.45) is 0 Å². The quantitative estimate of drug-likeness (QED) is 0.478. The van der Waals surface area contributed by atoms with Crippen LogP contribution in [-0.2, 0) is 0 Å². The fourth-order valence-electron chi connectivity index (χ4n) is 1.94. The van der Waals surface area contributed by atoms with Crippen LogP contribution in [-0.4, -0.2) is 11.2 Å². The fourth-order valence-corrected chi connectivity index (χ4v) is 2.67. The van der Waals surface area contributed by atoms with E-state index in [0.29, 0.717) is 27.5 Å². The molecule has 0 radical (unpaired) electrons. The molecule has 0 heterocycles. The van der Waals surface area contributed by atoms with Crippen LogP contribution in [0.25, 0.3) is 0 Å². The zero-order chi connectivity index (χ0) is 15.4. The van der Waals surface area contributed by atoms with E-state index in [4.69, 9.17) is 10.00 Å². The minimum absolute atomic E-state index is 0.0671. The molecule has 0 bridgehead atoms. The number of nitrogens with zero attached hydrogens (tertiary/aromatic N) is 2. The Balaban J connectivity index is 2.42. The van der Waals surface area contributed by atoms with Crippen LogP contribution in [0, 0.1) is 28.4 Å². The number of ether oxygens (including phenoxy) is 1. The van der Waals surface area contributed by atoms with Gasteiger partial charge < -0.3 is 4.74 Å². The van der Waals surface area contributed by atoms with Gasteiger partial charge in [-0.05, 0) is 37.4 Å². The molecular weight excluding hydrogens is 288 g/mol. The summed E-state index contributed by atoms with van der Waals surface area (Å²) in [6.07, 6.45) is 1.84. The van der Waals surface area contributed by atoms with Crippen molar-refractivity contribution < 1.29 is 9.66 Å². The molecule has 0 aromatic heterocycles. The summed E-state index contributed by atoms with van der Waals surface area (Å²) in [5, 5.41) is 19.8. The smallest absolute Gasteiger partial charge is 0.273 e. The van der Waals surface area contributed by atoms with Gasteiger partial charge in [-0.1, -0.05) is 6.07 Å². The average molecular weight is 300 g/mol. The zero-order valence-corrected chi connectivity index (χ0v) is 12.3. The summed E-state index contributed by atoms with van der Waals surface area (Å²) in [6.45, 7) is 1.70. The van der Waals surface area contributed by atoms with Gasteiger partial charge in [0.25, 0.3) is 5.69 Å². The lowest BCUT2D eigenvalue weighted by molar-refractivity contribution is -0.385. The van der Waals surface area contributed by atoms with Crippen LogP contribution in [0.4, 0.5) is 5.69 Å². The third-order valence-electron chi connectivity index (χ3n) is 2.93. The molecule has 2 aromatic rings. The number of rotatable bonds is 4. The lowest BCUT2D eigenvalue weighted by atomic mass is 10.2. The second-order valence-electron chi connectivity index (χ2n) is 4.24. The third kappa shape index (κ3) is 3.15. The van der Waals surface area contributed by atoms with Gasteiger partial charge in [-0.15, -0.1) is 11.8 Å². The molecule has 0 fully saturated rings. The molecule has 0 saturated carbocycles. The van der Waals surface area contributed by atoms with Crippen molar-refractivity contribution in [2.45, 2.75) is 11.8 Å². The molecule has 0 atom stereocenters. The molecule has 0 N–H and O–H groups in total. The third-order valence-corrected chi connectivity index (χ3v) is 3.85. The van der Waals surface area contributed by atoms with Crippen molar-refractivity contribution in [2.75, 3.05) is 6.26 Å². The standard InChI is InChI=1S/C15H12N2O3S/c1-10-13(17(18)19)6-7-14(15(10)21-2)20-12-5-3-4-11(8-12)9-16/h3-8H,1-2H3. The van der Waals surface area contributed by atoms with Crippen LogP contribution in [0.15, 0.2) is 41.3 Å². The van der Waals surface area contributed by atoms with Gasteiger partial charge in [-0.3, -0.25) is 10.1 Å². The first-order valence-corrected chi connectivity index (χ1v) is 7.29. The summed E-state index contributed by atoms with van der Waals surface area (Å²) >= 11 is 1.39. The van der Waals surface area contributed by atoms with Gasteiger partial charge >= 0.3 is 0 Å². The van der Waals surface area contributed by atoms with E-state index < -0.39 is 4.92 Å².